The van der Waals surface area contributed by atoms with Crippen LogP contribution in [0.25, 0.3) is 39.1 Å². The summed E-state index contributed by atoms with van der Waals surface area (Å²) in [5, 5.41) is 2.25. The van der Waals surface area contributed by atoms with Crippen molar-refractivity contribution >= 4 is 28.0 Å². The average Bonchev–Trinajstić information content (AvgIpc) is 3.82. The highest BCUT2D eigenvalue weighted by Gasteiger charge is 2.40. The van der Waals surface area contributed by atoms with Crippen LogP contribution in [-0.4, -0.2) is 6.10 Å². The van der Waals surface area contributed by atoms with Gasteiger partial charge >= 0.3 is 0 Å². The van der Waals surface area contributed by atoms with E-state index in [1.807, 2.05) is 6.08 Å². The number of hydrogen-bond acceptors (Lipinski definition) is 2. The highest BCUT2D eigenvalue weighted by molar-refractivity contribution is 6.11. The highest BCUT2D eigenvalue weighted by atomic mass is 16.5. The Hall–Kier alpha value is -6.04. The van der Waals surface area contributed by atoms with E-state index < -0.39 is 0 Å². The Labute approximate surface area is 328 Å². The van der Waals surface area contributed by atoms with E-state index in [4.69, 9.17) is 9.15 Å². The minimum Gasteiger partial charge on any atom is -0.484 e. The van der Waals surface area contributed by atoms with E-state index in [2.05, 4.69) is 151 Å². The number of para-hydroxylation sites is 1. The zero-order valence-electron chi connectivity index (χ0n) is 31.4. The maximum Gasteiger partial charge on any atom is 0.147 e. The van der Waals surface area contributed by atoms with E-state index in [0.717, 1.165) is 82.9 Å². The Morgan fingerprint density at radius 1 is 0.732 bits per heavy atom. The molecule has 0 saturated heterocycles. The quantitative estimate of drug-likeness (QED) is 0.136. The maximum atomic E-state index is 6.80. The molecule has 2 heterocycles. The van der Waals surface area contributed by atoms with Crippen molar-refractivity contribution in [3.8, 4) is 28.7 Å². The van der Waals surface area contributed by atoms with Gasteiger partial charge in [-0.3, -0.25) is 0 Å². The summed E-state index contributed by atoms with van der Waals surface area (Å²) >= 11 is 0. The summed E-state index contributed by atoms with van der Waals surface area (Å²) in [5.74, 6) is 8.99. The van der Waals surface area contributed by atoms with Gasteiger partial charge in [0.05, 0.1) is 11.5 Å². The second-order valence-corrected chi connectivity index (χ2v) is 16.6. The molecule has 0 N–H and O–H groups in total. The Morgan fingerprint density at radius 2 is 1.68 bits per heavy atom. The molecule has 2 nitrogen and oxygen atoms in total. The minimum absolute atomic E-state index is 0.0107. The van der Waals surface area contributed by atoms with Crippen molar-refractivity contribution < 1.29 is 9.15 Å². The smallest absolute Gasteiger partial charge is 0.147 e. The average molecular weight is 723 g/mol. The standard InChI is InChI=1S/C54H42O2/c1-2-14-34-29-36(28-27-33(34)13-1)35-15-11-16-37(30-35)50-42-21-3-5-23-44(42)51(45-24-6-4-22-43(45)50)38-17-12-18-39(31-38)52-53-46(40-19-7-9-25-48(40)55-53)32-47-41-20-8-10-26-49(41)56-54(47)52/h1,3,5-7,9-13,16-19,21,23-29,31-32,35,37,41,44,49,51H,2,4,14-15,22,30H2. The topological polar surface area (TPSA) is 22.4 Å². The lowest BCUT2D eigenvalue weighted by Gasteiger charge is -2.41. The van der Waals surface area contributed by atoms with Crippen LogP contribution in [0.1, 0.15) is 77.7 Å². The molecule has 0 bridgehead atoms. The normalized spacial score (nSPS) is 26.4. The van der Waals surface area contributed by atoms with Crippen molar-refractivity contribution in [2.45, 2.75) is 62.4 Å². The molecule has 0 fully saturated rings. The van der Waals surface area contributed by atoms with Gasteiger partial charge in [0, 0.05) is 34.1 Å². The molecular weight excluding hydrogens is 681 g/mol. The van der Waals surface area contributed by atoms with Crippen LogP contribution in [0.3, 0.4) is 0 Å². The van der Waals surface area contributed by atoms with E-state index in [-0.39, 0.29) is 23.9 Å². The summed E-state index contributed by atoms with van der Waals surface area (Å²) in [6.07, 6.45) is 34.7. The molecule has 7 aliphatic rings. The lowest BCUT2D eigenvalue weighted by molar-refractivity contribution is 0.273. The lowest BCUT2D eigenvalue weighted by Crippen LogP contribution is -2.27. The van der Waals surface area contributed by atoms with Crippen molar-refractivity contribution in [1.82, 2.24) is 0 Å². The van der Waals surface area contributed by atoms with Gasteiger partial charge in [-0.05, 0) is 119 Å². The van der Waals surface area contributed by atoms with Gasteiger partial charge in [-0.2, -0.15) is 0 Å². The fourth-order valence-electron chi connectivity index (χ4n) is 11.0. The fourth-order valence-corrected chi connectivity index (χ4v) is 11.0. The number of hydrogen-bond donors (Lipinski definition) is 0. The Kier molecular flexibility index (Phi) is 7.34. The van der Waals surface area contributed by atoms with Crippen molar-refractivity contribution in [2.24, 2.45) is 11.8 Å². The number of fused-ring (bicyclic) bond motifs is 8. The number of aryl methyl sites for hydroxylation is 1. The van der Waals surface area contributed by atoms with Gasteiger partial charge in [-0.25, -0.2) is 0 Å². The van der Waals surface area contributed by atoms with E-state index in [9.17, 15) is 0 Å². The largest absolute Gasteiger partial charge is 0.484 e. The van der Waals surface area contributed by atoms with Crippen LogP contribution in [0.2, 0.25) is 0 Å². The Balaban J connectivity index is 0.974. The molecule has 0 amide bonds. The summed E-state index contributed by atoms with van der Waals surface area (Å²) in [5.41, 5.74) is 17.0. The summed E-state index contributed by atoms with van der Waals surface area (Å²) < 4.78 is 13.5. The van der Waals surface area contributed by atoms with Gasteiger partial charge in [-0.1, -0.05) is 133 Å². The van der Waals surface area contributed by atoms with E-state index in [1.54, 1.807) is 11.1 Å². The molecule has 1 aromatic heterocycles. The van der Waals surface area contributed by atoms with Crippen LogP contribution in [0, 0.1) is 23.7 Å². The molecule has 56 heavy (non-hydrogen) atoms. The minimum atomic E-state index is -0.0903. The van der Waals surface area contributed by atoms with Gasteiger partial charge in [0.15, 0.2) is 0 Å². The molecule has 4 aromatic carbocycles. The number of rotatable bonds is 4. The predicted molar refractivity (Wildman–Crippen MR) is 229 cm³/mol. The molecule has 1 aliphatic heterocycles. The van der Waals surface area contributed by atoms with Crippen LogP contribution < -0.4 is 4.74 Å². The molecule has 6 atom stereocenters. The van der Waals surface area contributed by atoms with Gasteiger partial charge in [0.25, 0.3) is 0 Å². The first-order valence-electron chi connectivity index (χ1n) is 20.6. The fraction of sp³-hybridized carbons (Fsp3) is 0.222. The first kappa shape index (κ1) is 32.2. The molecule has 270 valence electrons. The third kappa shape index (κ3) is 4.96. The molecule has 6 aliphatic carbocycles. The number of benzene rings is 4. The van der Waals surface area contributed by atoms with Crippen LogP contribution in [-0.2, 0) is 6.42 Å². The molecule has 12 rings (SSSR count). The summed E-state index contributed by atoms with van der Waals surface area (Å²) in [7, 11) is 0. The molecule has 0 spiro atoms. The monoisotopic (exact) mass is 722 g/mol. The molecule has 5 aromatic rings. The van der Waals surface area contributed by atoms with E-state index >= 15 is 0 Å². The lowest BCUT2D eigenvalue weighted by atomic mass is 9.62. The summed E-state index contributed by atoms with van der Waals surface area (Å²) in [4.78, 5) is 0. The second kappa shape index (κ2) is 12.8. The first-order valence-corrected chi connectivity index (χ1v) is 20.6. The molecule has 0 saturated carbocycles. The number of furan rings is 1. The van der Waals surface area contributed by atoms with E-state index in [1.165, 1.54) is 33.4 Å². The van der Waals surface area contributed by atoms with Crippen LogP contribution in [0.4, 0.5) is 0 Å². The van der Waals surface area contributed by atoms with Crippen molar-refractivity contribution in [3.05, 3.63) is 190 Å². The Morgan fingerprint density at radius 3 is 2.68 bits per heavy atom. The van der Waals surface area contributed by atoms with Crippen LogP contribution in [0.5, 0.6) is 5.75 Å². The zero-order valence-corrected chi connectivity index (χ0v) is 31.4. The highest BCUT2D eigenvalue weighted by Crippen LogP contribution is 2.55. The first-order chi connectivity index (χ1) is 27.8. The summed E-state index contributed by atoms with van der Waals surface area (Å²) in [6, 6.07) is 27.2. The third-order valence-corrected chi connectivity index (χ3v) is 13.5. The van der Waals surface area contributed by atoms with Crippen LogP contribution >= 0.6 is 0 Å². The van der Waals surface area contributed by atoms with Gasteiger partial charge in [0.2, 0.25) is 0 Å². The van der Waals surface area contributed by atoms with Gasteiger partial charge < -0.3 is 9.15 Å². The number of ether oxygens (including phenoxy) is 1. The van der Waals surface area contributed by atoms with Crippen molar-refractivity contribution in [1.29, 1.82) is 0 Å². The van der Waals surface area contributed by atoms with Gasteiger partial charge in [-0.15, -0.1) is 0 Å². The Bertz CT molecular complexity index is 2830. The molecule has 6 unspecified atom stereocenters. The number of allylic oxidation sites excluding steroid dienone is 14. The van der Waals surface area contributed by atoms with E-state index in [0.29, 0.717) is 11.8 Å². The second-order valence-electron chi connectivity index (χ2n) is 16.6. The maximum absolute atomic E-state index is 6.80. The van der Waals surface area contributed by atoms with Crippen LogP contribution in [0.15, 0.2) is 166 Å². The predicted octanol–water partition coefficient (Wildman–Crippen LogP) is 13.2. The van der Waals surface area contributed by atoms with Crippen molar-refractivity contribution in [3.63, 3.8) is 0 Å². The SMILES string of the molecule is C1#CC2c3cc4c(oc5ccccc54)c(-c4cccc(C5C6=C(CCC=C6)C(C6C=CCC(c7ccc8c(c7)CCC=C8)C6)=C6C=CC=CC65)c4)c3OC2C=C1. The van der Waals surface area contributed by atoms with Crippen molar-refractivity contribution in [2.75, 3.05) is 0 Å². The zero-order chi connectivity index (χ0) is 36.7. The van der Waals surface area contributed by atoms with Gasteiger partial charge in [0.1, 0.15) is 23.0 Å². The molecule has 2 heteroatoms. The third-order valence-electron chi connectivity index (χ3n) is 13.5. The summed E-state index contributed by atoms with van der Waals surface area (Å²) in [6.45, 7) is 0. The molecule has 0 radical (unpaired) electrons. The molecular formula is C54H42O2.